The minimum Gasteiger partial charge on any atom is -0.497 e. The summed E-state index contributed by atoms with van der Waals surface area (Å²) in [4.78, 5) is 19.7. The van der Waals surface area contributed by atoms with Crippen molar-refractivity contribution in [2.45, 2.75) is 37.8 Å². The van der Waals surface area contributed by atoms with Crippen molar-refractivity contribution >= 4 is 16.9 Å². The van der Waals surface area contributed by atoms with Crippen LogP contribution >= 0.6 is 0 Å². The molecule has 5 nitrogen and oxygen atoms in total. The number of fused-ring (bicyclic) bond motifs is 4. The Bertz CT molecular complexity index is 939. The minimum absolute atomic E-state index is 0.0502. The van der Waals surface area contributed by atoms with E-state index in [0.717, 1.165) is 54.6 Å². The lowest BCUT2D eigenvalue weighted by Gasteiger charge is -2.51. The number of rotatable bonds is 6. The second-order valence-corrected chi connectivity index (χ2v) is 8.66. The zero-order chi connectivity index (χ0) is 20.0. The van der Waals surface area contributed by atoms with Crippen molar-refractivity contribution in [1.29, 1.82) is 0 Å². The monoisotopic (exact) mass is 392 g/mol. The highest BCUT2D eigenvalue weighted by atomic mass is 16.5. The minimum atomic E-state index is -0.283. The summed E-state index contributed by atoms with van der Waals surface area (Å²) in [6.07, 6.45) is 7.77. The highest BCUT2D eigenvalue weighted by molar-refractivity contribution is 5.84. The number of aromatic nitrogens is 1. The van der Waals surface area contributed by atoms with E-state index in [0.29, 0.717) is 11.8 Å². The Hall–Kier alpha value is -2.40. The Labute approximate surface area is 171 Å². The third-order valence-corrected chi connectivity index (χ3v) is 6.95. The van der Waals surface area contributed by atoms with Gasteiger partial charge < -0.3 is 9.47 Å². The van der Waals surface area contributed by atoms with E-state index in [1.807, 2.05) is 30.5 Å². The quantitative estimate of drug-likeness (QED) is 0.546. The maximum absolute atomic E-state index is 12.7. The average Bonchev–Trinajstić information content (AvgIpc) is 3.62. The summed E-state index contributed by atoms with van der Waals surface area (Å²) in [6, 6.07) is 8.12. The van der Waals surface area contributed by atoms with Gasteiger partial charge in [-0.05, 0) is 68.3 Å². The molecule has 4 heterocycles. The van der Waals surface area contributed by atoms with Gasteiger partial charge in [0.25, 0.3) is 0 Å². The van der Waals surface area contributed by atoms with E-state index in [9.17, 15) is 4.79 Å². The zero-order valence-electron chi connectivity index (χ0n) is 16.9. The number of esters is 1. The van der Waals surface area contributed by atoms with E-state index in [-0.39, 0.29) is 24.0 Å². The van der Waals surface area contributed by atoms with Crippen LogP contribution in [0.15, 0.2) is 43.1 Å². The third-order valence-electron chi connectivity index (χ3n) is 6.95. The molecule has 4 fully saturated rings. The first-order valence-electron chi connectivity index (χ1n) is 10.7. The van der Waals surface area contributed by atoms with E-state index in [1.165, 1.54) is 6.42 Å². The summed E-state index contributed by atoms with van der Waals surface area (Å²) in [5.74, 6) is 1.97. The molecular formula is C24H28N2O3. The fraction of sp³-hybridized carbons (Fsp3) is 0.500. The molecule has 5 heteroatoms. The Morgan fingerprint density at radius 2 is 2.17 bits per heavy atom. The molecule has 152 valence electrons. The topological polar surface area (TPSA) is 51.7 Å². The maximum Gasteiger partial charge on any atom is 0.309 e. The molecule has 0 radical (unpaired) electrons. The van der Waals surface area contributed by atoms with Gasteiger partial charge in [-0.25, -0.2) is 0 Å². The molecule has 1 aliphatic carbocycles. The summed E-state index contributed by atoms with van der Waals surface area (Å²) < 4.78 is 11.7. The zero-order valence-corrected chi connectivity index (χ0v) is 16.9. The van der Waals surface area contributed by atoms with Gasteiger partial charge in [-0.2, -0.15) is 0 Å². The molecule has 1 unspecified atom stereocenters. The number of nitrogens with zero attached hydrogens (tertiary/aromatic N) is 2. The molecule has 2 bridgehead atoms. The summed E-state index contributed by atoms with van der Waals surface area (Å²) >= 11 is 0. The van der Waals surface area contributed by atoms with Crippen LogP contribution in [-0.2, 0) is 9.53 Å². The standard InChI is InChI=1S/C24H28N2O3/c1-3-15-14-26-11-9-17(15)12-22(26)23(29-24(27)16-4-5-16)19-8-10-25-21-7-6-18(28-2)13-20(19)21/h3,6-8,10,13,15-17,22-23H,1,4-5,9,11-12,14H2,2H3/t15-,17+,22+,23-/m0/s1. The molecule has 1 saturated carbocycles. The lowest BCUT2D eigenvalue weighted by molar-refractivity contribution is -0.158. The van der Waals surface area contributed by atoms with E-state index in [2.05, 4.69) is 22.5 Å². The summed E-state index contributed by atoms with van der Waals surface area (Å²) in [6.45, 7) is 6.10. The van der Waals surface area contributed by atoms with Gasteiger partial charge in [0.15, 0.2) is 0 Å². The van der Waals surface area contributed by atoms with Gasteiger partial charge in [0.1, 0.15) is 11.9 Å². The molecule has 6 rings (SSSR count). The molecule has 3 aliphatic heterocycles. The van der Waals surface area contributed by atoms with Crippen LogP contribution in [0.1, 0.15) is 37.4 Å². The number of hydrogen-bond acceptors (Lipinski definition) is 5. The molecule has 0 spiro atoms. The van der Waals surface area contributed by atoms with Gasteiger partial charge in [0.05, 0.1) is 24.6 Å². The van der Waals surface area contributed by atoms with Crippen molar-refractivity contribution in [2.75, 3.05) is 20.2 Å². The average molecular weight is 392 g/mol. The van der Waals surface area contributed by atoms with Gasteiger partial charge in [-0.3, -0.25) is 14.7 Å². The Morgan fingerprint density at radius 1 is 1.31 bits per heavy atom. The number of ether oxygens (including phenoxy) is 2. The smallest absolute Gasteiger partial charge is 0.309 e. The molecule has 0 amide bonds. The Kier molecular flexibility index (Phi) is 4.78. The van der Waals surface area contributed by atoms with Crippen LogP contribution in [0.4, 0.5) is 0 Å². The molecule has 29 heavy (non-hydrogen) atoms. The summed E-state index contributed by atoms with van der Waals surface area (Å²) in [5.41, 5.74) is 1.94. The summed E-state index contributed by atoms with van der Waals surface area (Å²) in [7, 11) is 1.67. The predicted molar refractivity (Wildman–Crippen MR) is 112 cm³/mol. The third kappa shape index (κ3) is 3.42. The van der Waals surface area contributed by atoms with Gasteiger partial charge in [-0.15, -0.1) is 6.58 Å². The highest BCUT2D eigenvalue weighted by Crippen LogP contribution is 2.44. The molecule has 4 aliphatic rings. The molecule has 1 aromatic carbocycles. The number of hydrogen-bond donors (Lipinski definition) is 0. The van der Waals surface area contributed by atoms with Crippen LogP contribution in [0.25, 0.3) is 10.9 Å². The number of methoxy groups -OCH3 is 1. The lowest BCUT2D eigenvalue weighted by atomic mass is 9.73. The summed E-state index contributed by atoms with van der Waals surface area (Å²) in [5, 5.41) is 1.00. The second kappa shape index (κ2) is 7.45. The SMILES string of the molecule is C=C[C@H]1CN2CC[C@@H]1C[C@@H]2[C@@H](OC(=O)C1CC1)c1ccnc2ccc(OC)cc12. The Balaban J connectivity index is 1.55. The number of piperidine rings is 3. The molecule has 0 N–H and O–H groups in total. The van der Waals surface area contributed by atoms with Crippen molar-refractivity contribution in [1.82, 2.24) is 9.88 Å². The van der Waals surface area contributed by atoms with Crippen molar-refractivity contribution in [3.63, 3.8) is 0 Å². The van der Waals surface area contributed by atoms with E-state index < -0.39 is 0 Å². The van der Waals surface area contributed by atoms with E-state index in [1.54, 1.807) is 7.11 Å². The number of benzene rings is 1. The van der Waals surface area contributed by atoms with Crippen molar-refractivity contribution in [3.05, 3.63) is 48.7 Å². The first-order valence-corrected chi connectivity index (χ1v) is 10.7. The predicted octanol–water partition coefficient (Wildman–Crippen LogP) is 4.13. The lowest BCUT2D eigenvalue weighted by Crippen LogP contribution is -2.55. The van der Waals surface area contributed by atoms with E-state index in [4.69, 9.17) is 9.47 Å². The fourth-order valence-electron chi connectivity index (χ4n) is 5.10. The van der Waals surface area contributed by atoms with Gasteiger partial charge >= 0.3 is 5.97 Å². The van der Waals surface area contributed by atoms with Crippen LogP contribution in [0, 0.1) is 17.8 Å². The van der Waals surface area contributed by atoms with Crippen LogP contribution in [0.5, 0.6) is 5.75 Å². The van der Waals surface area contributed by atoms with Gasteiger partial charge in [0.2, 0.25) is 0 Å². The molecule has 2 aromatic rings. The number of pyridine rings is 1. The molecule has 1 aromatic heterocycles. The van der Waals surface area contributed by atoms with E-state index >= 15 is 0 Å². The van der Waals surface area contributed by atoms with Crippen LogP contribution < -0.4 is 4.74 Å². The van der Waals surface area contributed by atoms with Crippen molar-refractivity contribution in [2.24, 2.45) is 17.8 Å². The van der Waals surface area contributed by atoms with Gasteiger partial charge in [-0.1, -0.05) is 6.08 Å². The van der Waals surface area contributed by atoms with Gasteiger partial charge in [0, 0.05) is 23.7 Å². The fourth-order valence-corrected chi connectivity index (χ4v) is 5.10. The van der Waals surface area contributed by atoms with Crippen molar-refractivity contribution < 1.29 is 14.3 Å². The largest absolute Gasteiger partial charge is 0.497 e. The first-order chi connectivity index (χ1) is 14.2. The van der Waals surface area contributed by atoms with Crippen molar-refractivity contribution in [3.8, 4) is 5.75 Å². The first kappa shape index (κ1) is 18.6. The Morgan fingerprint density at radius 3 is 2.86 bits per heavy atom. The highest BCUT2D eigenvalue weighted by Gasteiger charge is 2.45. The molecular weight excluding hydrogens is 364 g/mol. The van der Waals surface area contributed by atoms with Crippen LogP contribution in [0.2, 0.25) is 0 Å². The maximum atomic E-state index is 12.7. The second-order valence-electron chi connectivity index (χ2n) is 8.66. The van der Waals surface area contributed by atoms with Crippen LogP contribution in [-0.4, -0.2) is 42.1 Å². The number of carbonyl (C=O) groups is 1. The number of carbonyl (C=O) groups excluding carboxylic acids is 1. The van der Waals surface area contributed by atoms with Crippen LogP contribution in [0.3, 0.4) is 0 Å². The normalized spacial score (nSPS) is 29.4. The molecule has 5 atom stereocenters. The molecule has 3 saturated heterocycles.